The molecule has 0 heterocycles. The average Bonchev–Trinajstić information content (AvgIpc) is 2.24. The lowest BCUT2D eigenvalue weighted by Crippen LogP contribution is -2.34. The minimum absolute atomic E-state index is 0.00673. The Morgan fingerprint density at radius 1 is 1.39 bits per heavy atom. The van der Waals surface area contributed by atoms with E-state index in [1.165, 1.54) is 0 Å². The Labute approximate surface area is 126 Å². The minimum Gasteiger partial charge on any atom is -0.352 e. The van der Waals surface area contributed by atoms with Gasteiger partial charge in [-0.25, -0.2) is 0 Å². The molecule has 0 aromatic heterocycles. The molecule has 2 nitrogen and oxygen atoms in total. The van der Waals surface area contributed by atoms with Crippen LogP contribution in [0.3, 0.4) is 0 Å². The molecule has 0 unspecified atom stereocenters. The summed E-state index contributed by atoms with van der Waals surface area (Å²) in [5.41, 5.74) is 0.545. The van der Waals surface area contributed by atoms with Crippen molar-refractivity contribution in [3.8, 4) is 0 Å². The van der Waals surface area contributed by atoms with Crippen molar-refractivity contribution in [3.63, 3.8) is 0 Å². The number of hydrogen-bond acceptors (Lipinski definition) is 1. The van der Waals surface area contributed by atoms with Crippen molar-refractivity contribution in [2.24, 2.45) is 5.41 Å². The van der Waals surface area contributed by atoms with Crippen molar-refractivity contribution < 1.29 is 4.79 Å². The summed E-state index contributed by atoms with van der Waals surface area (Å²) in [7, 11) is 0. The van der Waals surface area contributed by atoms with E-state index in [4.69, 9.17) is 23.2 Å². The van der Waals surface area contributed by atoms with Gasteiger partial charge < -0.3 is 5.32 Å². The number of nitrogens with one attached hydrogen (secondary N) is 1. The van der Waals surface area contributed by atoms with Crippen molar-refractivity contribution in [1.82, 2.24) is 5.32 Å². The molecule has 5 heteroatoms. The lowest BCUT2D eigenvalue weighted by molar-refractivity contribution is 0.0936. The molecule has 1 aromatic carbocycles. The Morgan fingerprint density at radius 2 is 2.06 bits per heavy atom. The first-order valence-electron chi connectivity index (χ1n) is 5.64. The van der Waals surface area contributed by atoms with Gasteiger partial charge in [0.25, 0.3) is 5.91 Å². The van der Waals surface area contributed by atoms with E-state index in [0.29, 0.717) is 23.0 Å². The van der Waals surface area contributed by atoms with E-state index in [2.05, 4.69) is 35.1 Å². The van der Waals surface area contributed by atoms with E-state index in [9.17, 15) is 4.79 Å². The zero-order valence-corrected chi connectivity index (χ0v) is 13.5. The van der Waals surface area contributed by atoms with Gasteiger partial charge in [0.2, 0.25) is 0 Å². The zero-order valence-electron chi connectivity index (χ0n) is 10.4. The second-order valence-electron chi connectivity index (χ2n) is 4.94. The van der Waals surface area contributed by atoms with Crippen molar-refractivity contribution in [1.29, 1.82) is 0 Å². The first-order valence-corrected chi connectivity index (χ1v) is 7.35. The van der Waals surface area contributed by atoms with Gasteiger partial charge in [0, 0.05) is 27.5 Å². The Hall–Kier alpha value is -0.250. The topological polar surface area (TPSA) is 29.1 Å². The van der Waals surface area contributed by atoms with Crippen molar-refractivity contribution >= 4 is 45.0 Å². The molecule has 0 spiro atoms. The standard InChI is InChI=1S/C13H16BrCl2NO/c1-13(2,3-4-15)8-17-12(18)9-5-10(14)7-11(16)6-9/h5-7H,3-4,8H2,1-2H3,(H,17,18). The number of rotatable bonds is 5. The molecule has 0 aliphatic carbocycles. The van der Waals surface area contributed by atoms with Gasteiger partial charge in [0.05, 0.1) is 0 Å². The number of carbonyl (C=O) groups excluding carboxylic acids is 1. The highest BCUT2D eigenvalue weighted by atomic mass is 79.9. The van der Waals surface area contributed by atoms with Gasteiger partial charge in [0.15, 0.2) is 0 Å². The number of amides is 1. The van der Waals surface area contributed by atoms with E-state index >= 15 is 0 Å². The van der Waals surface area contributed by atoms with Crippen LogP contribution in [-0.4, -0.2) is 18.3 Å². The van der Waals surface area contributed by atoms with Crippen LogP contribution >= 0.6 is 39.1 Å². The van der Waals surface area contributed by atoms with Gasteiger partial charge in [-0.2, -0.15) is 0 Å². The third-order valence-corrected chi connectivity index (χ3v) is 3.49. The Bertz CT molecular complexity index is 415. The van der Waals surface area contributed by atoms with E-state index in [-0.39, 0.29) is 11.3 Å². The maximum Gasteiger partial charge on any atom is 0.251 e. The molecule has 0 fully saturated rings. The van der Waals surface area contributed by atoms with Crippen LogP contribution in [0.15, 0.2) is 22.7 Å². The van der Waals surface area contributed by atoms with Crippen LogP contribution in [0.1, 0.15) is 30.6 Å². The summed E-state index contributed by atoms with van der Waals surface area (Å²) in [6.07, 6.45) is 0.855. The zero-order chi connectivity index (χ0) is 13.8. The normalized spacial score (nSPS) is 11.4. The molecule has 1 rings (SSSR count). The number of hydrogen-bond donors (Lipinski definition) is 1. The van der Waals surface area contributed by atoms with E-state index in [0.717, 1.165) is 10.9 Å². The van der Waals surface area contributed by atoms with Crippen LogP contribution in [0.2, 0.25) is 5.02 Å². The van der Waals surface area contributed by atoms with Crippen LogP contribution in [-0.2, 0) is 0 Å². The third kappa shape index (κ3) is 5.17. The van der Waals surface area contributed by atoms with Crippen LogP contribution < -0.4 is 5.32 Å². The van der Waals surface area contributed by atoms with Crippen LogP contribution in [0.4, 0.5) is 0 Å². The monoisotopic (exact) mass is 351 g/mol. The molecule has 1 amide bonds. The maximum atomic E-state index is 12.0. The summed E-state index contributed by atoms with van der Waals surface area (Å²) < 4.78 is 0.792. The largest absolute Gasteiger partial charge is 0.352 e. The fourth-order valence-electron chi connectivity index (χ4n) is 1.45. The predicted molar refractivity (Wildman–Crippen MR) is 80.6 cm³/mol. The number of halogens is 3. The van der Waals surface area contributed by atoms with E-state index < -0.39 is 0 Å². The molecule has 1 N–H and O–H groups in total. The molecule has 0 aliphatic rings. The molecular weight excluding hydrogens is 337 g/mol. The molecule has 0 radical (unpaired) electrons. The minimum atomic E-state index is -0.124. The van der Waals surface area contributed by atoms with Crippen LogP contribution in [0, 0.1) is 5.41 Å². The molecule has 1 aromatic rings. The Morgan fingerprint density at radius 3 is 2.61 bits per heavy atom. The Balaban J connectivity index is 2.66. The average molecular weight is 353 g/mol. The summed E-state index contributed by atoms with van der Waals surface area (Å²) in [6.45, 7) is 4.73. The highest BCUT2D eigenvalue weighted by Crippen LogP contribution is 2.21. The molecule has 0 atom stereocenters. The fraction of sp³-hybridized carbons (Fsp3) is 0.462. The second-order valence-corrected chi connectivity index (χ2v) is 6.67. The van der Waals surface area contributed by atoms with Crippen molar-refractivity contribution in [3.05, 3.63) is 33.3 Å². The molecule has 0 aliphatic heterocycles. The highest BCUT2D eigenvalue weighted by Gasteiger charge is 2.18. The number of benzene rings is 1. The summed E-state index contributed by atoms with van der Waals surface area (Å²) >= 11 is 14.9. The van der Waals surface area contributed by atoms with Crippen LogP contribution in [0.5, 0.6) is 0 Å². The molecule has 100 valence electrons. The van der Waals surface area contributed by atoms with Gasteiger partial charge >= 0.3 is 0 Å². The molecule has 0 saturated carbocycles. The lowest BCUT2D eigenvalue weighted by atomic mass is 9.90. The van der Waals surface area contributed by atoms with Gasteiger partial charge in [-0.1, -0.05) is 41.4 Å². The summed E-state index contributed by atoms with van der Waals surface area (Å²) in [6, 6.07) is 5.14. The van der Waals surface area contributed by atoms with Gasteiger partial charge in [-0.3, -0.25) is 4.79 Å². The quantitative estimate of drug-likeness (QED) is 0.777. The lowest BCUT2D eigenvalue weighted by Gasteiger charge is -2.23. The molecule has 0 bridgehead atoms. The highest BCUT2D eigenvalue weighted by molar-refractivity contribution is 9.10. The SMILES string of the molecule is CC(C)(CCCl)CNC(=O)c1cc(Cl)cc(Br)c1. The van der Waals surface area contributed by atoms with Crippen LogP contribution in [0.25, 0.3) is 0 Å². The predicted octanol–water partition coefficient (Wildman–Crippen LogP) is 4.49. The summed E-state index contributed by atoms with van der Waals surface area (Å²) in [5.74, 6) is 0.465. The first kappa shape index (κ1) is 15.8. The fourth-order valence-corrected chi connectivity index (χ4v) is 2.82. The van der Waals surface area contributed by atoms with Gasteiger partial charge in [-0.15, -0.1) is 11.6 Å². The molecular formula is C13H16BrCl2NO. The van der Waals surface area contributed by atoms with E-state index in [1.54, 1.807) is 18.2 Å². The molecule has 0 saturated heterocycles. The number of alkyl halides is 1. The second kappa shape index (κ2) is 6.78. The van der Waals surface area contributed by atoms with Crippen molar-refractivity contribution in [2.45, 2.75) is 20.3 Å². The Kier molecular flexibility index (Phi) is 5.96. The summed E-state index contributed by atoms with van der Waals surface area (Å²) in [5, 5.41) is 3.44. The number of carbonyl (C=O) groups is 1. The summed E-state index contributed by atoms with van der Waals surface area (Å²) in [4.78, 5) is 12.0. The first-order chi connectivity index (χ1) is 8.34. The van der Waals surface area contributed by atoms with Gasteiger partial charge in [-0.05, 0) is 30.0 Å². The van der Waals surface area contributed by atoms with Crippen molar-refractivity contribution in [2.75, 3.05) is 12.4 Å². The van der Waals surface area contributed by atoms with E-state index in [1.807, 2.05) is 0 Å². The van der Waals surface area contributed by atoms with Gasteiger partial charge in [0.1, 0.15) is 0 Å². The molecule has 18 heavy (non-hydrogen) atoms. The smallest absolute Gasteiger partial charge is 0.251 e. The maximum absolute atomic E-state index is 12.0. The third-order valence-electron chi connectivity index (χ3n) is 2.62.